The SMILES string of the molecule is CC(C)(C)OC(=O)CC(CON=CC(=O)O[N+]1(O)C(=O)CCC1=O)c1csc(NC=O)n1. The van der Waals surface area contributed by atoms with Crippen molar-refractivity contribution in [1.29, 1.82) is 0 Å². The predicted molar refractivity (Wildman–Crippen MR) is 107 cm³/mol. The van der Waals surface area contributed by atoms with Crippen molar-refractivity contribution in [2.24, 2.45) is 5.16 Å². The van der Waals surface area contributed by atoms with E-state index in [1.54, 1.807) is 26.2 Å². The quantitative estimate of drug-likeness (QED) is 0.0955. The molecule has 0 radical (unpaired) electrons. The van der Waals surface area contributed by atoms with Gasteiger partial charge < -0.3 is 14.9 Å². The van der Waals surface area contributed by atoms with E-state index in [0.29, 0.717) is 23.5 Å². The zero-order valence-corrected chi connectivity index (χ0v) is 18.4. The Kier molecular flexibility index (Phi) is 8.13. The Labute approximate surface area is 186 Å². The van der Waals surface area contributed by atoms with Crippen LogP contribution in [-0.4, -0.2) is 63.6 Å². The molecule has 0 aliphatic carbocycles. The Morgan fingerprint density at radius 2 is 2.00 bits per heavy atom. The molecule has 1 fully saturated rings. The van der Waals surface area contributed by atoms with Crippen molar-refractivity contribution in [2.75, 3.05) is 11.9 Å². The molecule has 0 saturated carbocycles. The fourth-order valence-electron chi connectivity index (χ4n) is 2.55. The van der Waals surface area contributed by atoms with Crippen LogP contribution in [0.25, 0.3) is 0 Å². The number of amides is 3. The second-order valence-electron chi connectivity index (χ2n) is 7.63. The second kappa shape index (κ2) is 10.4. The number of thiazole rings is 1. The number of hydrogen-bond acceptors (Lipinski definition) is 12. The third kappa shape index (κ3) is 6.90. The predicted octanol–water partition coefficient (Wildman–Crippen LogP) is 1.04. The molecule has 3 amide bonds. The maximum Gasteiger partial charge on any atom is 0.417 e. The van der Waals surface area contributed by atoms with Crippen LogP contribution in [0.1, 0.15) is 51.6 Å². The maximum absolute atomic E-state index is 12.2. The molecule has 1 saturated heterocycles. The fraction of sp³-hybridized carbons (Fsp3) is 0.500. The summed E-state index contributed by atoms with van der Waals surface area (Å²) >= 11 is 1.14. The van der Waals surface area contributed by atoms with Crippen molar-refractivity contribution in [3.63, 3.8) is 0 Å². The highest BCUT2D eigenvalue weighted by Gasteiger charge is 2.55. The number of nitrogens with one attached hydrogen (secondary N) is 1. The molecule has 1 aromatic heterocycles. The fourth-order valence-corrected chi connectivity index (χ4v) is 3.30. The number of esters is 1. The van der Waals surface area contributed by atoms with Gasteiger partial charge in [0.15, 0.2) is 11.3 Å². The summed E-state index contributed by atoms with van der Waals surface area (Å²) in [4.78, 5) is 69.3. The summed E-state index contributed by atoms with van der Waals surface area (Å²) in [6.07, 6.45) is 0.361. The van der Waals surface area contributed by atoms with Gasteiger partial charge >= 0.3 is 23.8 Å². The Balaban J connectivity index is 1.99. The minimum Gasteiger partial charge on any atom is -0.460 e. The molecule has 2 rings (SSSR count). The first kappa shape index (κ1) is 25.0. The summed E-state index contributed by atoms with van der Waals surface area (Å²) < 4.78 is 5.30. The van der Waals surface area contributed by atoms with Crippen LogP contribution in [0.3, 0.4) is 0 Å². The monoisotopic (exact) mass is 471 g/mol. The first-order valence-electron chi connectivity index (χ1n) is 9.39. The summed E-state index contributed by atoms with van der Waals surface area (Å²) in [6.45, 7) is 4.94. The first-order valence-corrected chi connectivity index (χ1v) is 10.3. The number of carbonyl (C=O) groups is 5. The lowest BCUT2D eigenvalue weighted by atomic mass is 10.0. The van der Waals surface area contributed by atoms with Crippen molar-refractivity contribution < 1.29 is 48.4 Å². The van der Waals surface area contributed by atoms with Crippen LogP contribution in [0, 0.1) is 0 Å². The van der Waals surface area contributed by atoms with Gasteiger partial charge in [-0.05, 0) is 20.8 Å². The number of anilines is 1. The molecule has 1 atom stereocenters. The van der Waals surface area contributed by atoms with E-state index in [0.717, 1.165) is 11.3 Å². The van der Waals surface area contributed by atoms with Crippen molar-refractivity contribution in [2.45, 2.75) is 51.6 Å². The Hall–Kier alpha value is -3.23. The van der Waals surface area contributed by atoms with E-state index in [1.165, 1.54) is 0 Å². The molecule has 1 aliphatic heterocycles. The summed E-state index contributed by atoms with van der Waals surface area (Å²) in [5, 5.41) is 17.6. The van der Waals surface area contributed by atoms with E-state index in [-0.39, 0.29) is 25.9 Å². The van der Waals surface area contributed by atoms with Gasteiger partial charge in [-0.3, -0.25) is 9.59 Å². The van der Waals surface area contributed by atoms with Gasteiger partial charge in [0, 0.05) is 11.3 Å². The van der Waals surface area contributed by atoms with Gasteiger partial charge in [0.1, 0.15) is 17.0 Å². The number of aromatic nitrogens is 1. The normalized spacial score (nSPS) is 16.6. The number of nitrogens with zero attached hydrogens (tertiary/aromatic N) is 3. The summed E-state index contributed by atoms with van der Waals surface area (Å²) in [7, 11) is 0. The van der Waals surface area contributed by atoms with Gasteiger partial charge in [-0.2, -0.15) is 5.21 Å². The average molecular weight is 471 g/mol. The van der Waals surface area contributed by atoms with Crippen LogP contribution in [0.2, 0.25) is 0 Å². The molecular formula is C18H23N4O9S+. The van der Waals surface area contributed by atoms with Crippen molar-refractivity contribution in [3.8, 4) is 0 Å². The number of oxime groups is 1. The molecule has 14 heteroatoms. The Morgan fingerprint density at radius 3 is 2.59 bits per heavy atom. The van der Waals surface area contributed by atoms with E-state index in [1.807, 2.05) is 0 Å². The van der Waals surface area contributed by atoms with Crippen LogP contribution in [0.15, 0.2) is 10.5 Å². The Morgan fingerprint density at radius 1 is 1.34 bits per heavy atom. The molecule has 174 valence electrons. The van der Waals surface area contributed by atoms with Crippen LogP contribution in [0.4, 0.5) is 5.13 Å². The zero-order chi connectivity index (χ0) is 23.9. The summed E-state index contributed by atoms with van der Waals surface area (Å²) in [5.41, 5.74) is -0.277. The highest BCUT2D eigenvalue weighted by atomic mass is 32.1. The molecule has 2 heterocycles. The number of imide groups is 1. The number of quaternary nitrogens is 1. The number of hydroxylamine groups is 4. The van der Waals surface area contributed by atoms with Crippen molar-refractivity contribution in [1.82, 2.24) is 4.98 Å². The summed E-state index contributed by atoms with van der Waals surface area (Å²) in [6, 6.07) is 0. The average Bonchev–Trinajstić information content (AvgIpc) is 3.24. The molecule has 0 bridgehead atoms. The zero-order valence-electron chi connectivity index (χ0n) is 17.6. The molecule has 32 heavy (non-hydrogen) atoms. The van der Waals surface area contributed by atoms with Gasteiger partial charge in [-0.15, -0.1) is 11.3 Å². The second-order valence-corrected chi connectivity index (χ2v) is 8.49. The highest BCUT2D eigenvalue weighted by Crippen LogP contribution is 2.26. The van der Waals surface area contributed by atoms with Gasteiger partial charge in [0.2, 0.25) is 6.41 Å². The van der Waals surface area contributed by atoms with Gasteiger partial charge in [-0.25, -0.2) is 24.2 Å². The molecular weight excluding hydrogens is 448 g/mol. The highest BCUT2D eigenvalue weighted by molar-refractivity contribution is 7.13. The largest absolute Gasteiger partial charge is 0.460 e. The van der Waals surface area contributed by atoms with Gasteiger partial charge in [-0.1, -0.05) is 5.16 Å². The summed E-state index contributed by atoms with van der Waals surface area (Å²) in [5.74, 6) is -4.39. The topological polar surface area (TPSA) is 171 Å². The van der Waals surface area contributed by atoms with E-state index in [4.69, 9.17) is 9.57 Å². The van der Waals surface area contributed by atoms with E-state index in [2.05, 4.69) is 20.3 Å². The van der Waals surface area contributed by atoms with Crippen LogP contribution < -0.4 is 5.32 Å². The lowest BCUT2D eigenvalue weighted by Gasteiger charge is -2.21. The molecule has 0 spiro atoms. The number of ether oxygens (including phenoxy) is 1. The number of rotatable bonds is 10. The van der Waals surface area contributed by atoms with E-state index >= 15 is 0 Å². The first-order chi connectivity index (χ1) is 14.9. The van der Waals surface area contributed by atoms with Crippen LogP contribution in [-0.2, 0) is 38.4 Å². The van der Waals surface area contributed by atoms with Crippen LogP contribution >= 0.6 is 11.3 Å². The minimum absolute atomic E-state index is 0.124. The lowest BCUT2D eigenvalue weighted by molar-refractivity contribution is -1.12. The van der Waals surface area contributed by atoms with E-state index < -0.39 is 40.1 Å². The molecule has 2 N–H and O–H groups in total. The molecule has 0 aromatic carbocycles. The Bertz CT molecular complexity index is 906. The molecule has 1 unspecified atom stereocenters. The number of hydrogen-bond donors (Lipinski definition) is 2. The minimum atomic E-state index is -2.07. The third-order valence-electron chi connectivity index (χ3n) is 3.92. The third-order valence-corrected chi connectivity index (χ3v) is 4.71. The lowest BCUT2D eigenvalue weighted by Crippen LogP contribution is -2.50. The van der Waals surface area contributed by atoms with Gasteiger partial charge in [0.05, 0.1) is 25.0 Å². The van der Waals surface area contributed by atoms with Crippen LogP contribution in [0.5, 0.6) is 0 Å². The standard InChI is InChI=1S/C18H22N4O9S/c1-18(2,3)30-15(26)6-11(12-9-32-17(21-12)19-10-23)8-29-20-7-16(27)31-22(28)13(24)4-5-14(22)25/h7,9-11,28H,4-6,8H2,1-3H3/p+1. The maximum atomic E-state index is 12.2. The van der Waals surface area contributed by atoms with Crippen molar-refractivity contribution >= 4 is 52.8 Å². The molecule has 1 aromatic rings. The molecule has 13 nitrogen and oxygen atoms in total. The van der Waals surface area contributed by atoms with Crippen molar-refractivity contribution in [3.05, 3.63) is 11.1 Å². The van der Waals surface area contributed by atoms with E-state index in [9.17, 15) is 29.2 Å². The smallest absolute Gasteiger partial charge is 0.417 e. The number of carbonyl (C=O) groups excluding carboxylic acids is 5. The van der Waals surface area contributed by atoms with Gasteiger partial charge in [0.25, 0.3) is 0 Å². The molecule has 1 aliphatic rings.